The summed E-state index contributed by atoms with van der Waals surface area (Å²) in [7, 11) is 0. The van der Waals surface area contributed by atoms with Crippen LogP contribution in [-0.4, -0.2) is 10.9 Å². The molecule has 1 aromatic rings. The van der Waals surface area contributed by atoms with Crippen LogP contribution in [0.2, 0.25) is 0 Å². The second-order valence-corrected chi connectivity index (χ2v) is 3.56. The fraction of sp³-hybridized carbons (Fsp3) is 0.143. The highest BCUT2D eigenvalue weighted by Crippen LogP contribution is 2.02. The van der Waals surface area contributed by atoms with Crippen LogP contribution in [0.3, 0.4) is 0 Å². The van der Waals surface area contributed by atoms with Gasteiger partial charge in [-0.3, -0.25) is 9.78 Å². The third kappa shape index (κ3) is 4.07. The van der Waals surface area contributed by atoms with E-state index in [4.69, 9.17) is 0 Å². The van der Waals surface area contributed by atoms with E-state index in [-0.39, 0.29) is 5.91 Å². The average molecular weight is 228 g/mol. The number of hydrogen-bond donors (Lipinski definition) is 1. The number of carbonyl (C=O) groups is 1. The van der Waals surface area contributed by atoms with Crippen LogP contribution in [0.4, 0.5) is 0 Å². The Kier molecular flexibility index (Phi) is 4.88. The van der Waals surface area contributed by atoms with Gasteiger partial charge in [-0.05, 0) is 37.6 Å². The van der Waals surface area contributed by atoms with E-state index in [0.29, 0.717) is 11.3 Å². The lowest BCUT2D eigenvalue weighted by Crippen LogP contribution is -2.21. The van der Waals surface area contributed by atoms with Crippen molar-refractivity contribution in [3.8, 4) is 0 Å². The zero-order valence-electron chi connectivity index (χ0n) is 10.1. The molecule has 0 saturated heterocycles. The van der Waals surface area contributed by atoms with E-state index in [1.54, 1.807) is 30.6 Å². The molecule has 0 aliphatic rings. The number of pyridine rings is 1. The van der Waals surface area contributed by atoms with Crippen LogP contribution in [0, 0.1) is 6.92 Å². The van der Waals surface area contributed by atoms with Crippen LogP contribution in [0.25, 0.3) is 0 Å². The molecule has 0 fully saturated rings. The standard InChI is InChI=1S/C14H16N2O/c1-4-6-7-13(5-2)16-14(17)12-8-11(3)9-15-10-12/h4-10H,2H2,1,3H3,(H,16,17)/b6-4-,13-7+. The molecule has 1 rings (SSSR count). The van der Waals surface area contributed by atoms with Crippen LogP contribution < -0.4 is 5.32 Å². The summed E-state index contributed by atoms with van der Waals surface area (Å²) in [5.74, 6) is -0.183. The maximum Gasteiger partial charge on any atom is 0.257 e. The summed E-state index contributed by atoms with van der Waals surface area (Å²) in [5, 5.41) is 2.76. The molecular formula is C14H16N2O. The second-order valence-electron chi connectivity index (χ2n) is 3.56. The van der Waals surface area contributed by atoms with Crippen LogP contribution >= 0.6 is 0 Å². The van der Waals surface area contributed by atoms with Gasteiger partial charge in [-0.15, -0.1) is 0 Å². The number of aromatic nitrogens is 1. The Morgan fingerprint density at radius 2 is 2.24 bits per heavy atom. The molecule has 0 aliphatic heterocycles. The lowest BCUT2D eigenvalue weighted by molar-refractivity contribution is 0.0966. The van der Waals surface area contributed by atoms with Gasteiger partial charge in [0.1, 0.15) is 0 Å². The number of nitrogens with one attached hydrogen (secondary N) is 1. The lowest BCUT2D eigenvalue weighted by atomic mass is 10.2. The first kappa shape index (κ1) is 12.9. The Balaban J connectivity index is 2.81. The molecule has 3 heteroatoms. The van der Waals surface area contributed by atoms with Crippen LogP contribution in [0.1, 0.15) is 22.8 Å². The first-order valence-electron chi connectivity index (χ1n) is 5.35. The van der Waals surface area contributed by atoms with Gasteiger partial charge < -0.3 is 5.32 Å². The fourth-order valence-electron chi connectivity index (χ4n) is 1.24. The zero-order chi connectivity index (χ0) is 12.7. The summed E-state index contributed by atoms with van der Waals surface area (Å²) < 4.78 is 0. The van der Waals surface area contributed by atoms with E-state index in [9.17, 15) is 4.79 Å². The number of hydrogen-bond acceptors (Lipinski definition) is 2. The van der Waals surface area contributed by atoms with Crippen LogP contribution in [-0.2, 0) is 0 Å². The largest absolute Gasteiger partial charge is 0.322 e. The van der Waals surface area contributed by atoms with Crippen molar-refractivity contribution in [2.45, 2.75) is 13.8 Å². The van der Waals surface area contributed by atoms with Gasteiger partial charge in [-0.25, -0.2) is 0 Å². The van der Waals surface area contributed by atoms with Gasteiger partial charge in [0.15, 0.2) is 0 Å². The summed E-state index contributed by atoms with van der Waals surface area (Å²) in [6, 6.07) is 1.79. The molecular weight excluding hydrogens is 212 g/mol. The number of carbonyl (C=O) groups excluding carboxylic acids is 1. The van der Waals surface area contributed by atoms with Gasteiger partial charge >= 0.3 is 0 Å². The SMILES string of the molecule is C=C/C(=C\C=C/C)NC(=O)c1cncc(C)c1. The van der Waals surface area contributed by atoms with Gasteiger partial charge in [0.2, 0.25) is 0 Å². The molecule has 1 amide bonds. The molecule has 0 atom stereocenters. The van der Waals surface area contributed by atoms with Gasteiger partial charge in [0.25, 0.3) is 5.91 Å². The fourth-order valence-corrected chi connectivity index (χ4v) is 1.24. The van der Waals surface area contributed by atoms with Crippen molar-refractivity contribution >= 4 is 5.91 Å². The predicted molar refractivity (Wildman–Crippen MR) is 69.5 cm³/mol. The third-order valence-corrected chi connectivity index (χ3v) is 2.08. The minimum Gasteiger partial charge on any atom is -0.322 e. The van der Waals surface area contributed by atoms with Crippen molar-refractivity contribution in [2.75, 3.05) is 0 Å². The second kappa shape index (κ2) is 6.43. The molecule has 88 valence electrons. The first-order chi connectivity index (χ1) is 8.17. The van der Waals surface area contributed by atoms with E-state index >= 15 is 0 Å². The quantitative estimate of drug-likeness (QED) is 0.805. The van der Waals surface area contributed by atoms with Crippen molar-refractivity contribution in [3.05, 3.63) is 66.2 Å². The van der Waals surface area contributed by atoms with Crippen molar-refractivity contribution in [1.82, 2.24) is 10.3 Å². The van der Waals surface area contributed by atoms with Crippen molar-refractivity contribution in [3.63, 3.8) is 0 Å². The minimum atomic E-state index is -0.183. The Bertz CT molecular complexity index is 473. The maximum atomic E-state index is 11.9. The van der Waals surface area contributed by atoms with Gasteiger partial charge in [0.05, 0.1) is 5.56 Å². The topological polar surface area (TPSA) is 42.0 Å². The molecule has 0 spiro atoms. The Labute approximate surface area is 102 Å². The predicted octanol–water partition coefficient (Wildman–Crippen LogP) is 2.77. The Morgan fingerprint density at radius 3 is 2.82 bits per heavy atom. The maximum absolute atomic E-state index is 11.9. The molecule has 0 bridgehead atoms. The van der Waals surface area contributed by atoms with Crippen LogP contribution in [0.15, 0.2) is 55.0 Å². The van der Waals surface area contributed by atoms with E-state index in [0.717, 1.165) is 5.56 Å². The molecule has 0 aromatic carbocycles. The molecule has 0 saturated carbocycles. The third-order valence-electron chi connectivity index (χ3n) is 2.08. The lowest BCUT2D eigenvalue weighted by Gasteiger charge is -2.05. The smallest absolute Gasteiger partial charge is 0.257 e. The Morgan fingerprint density at radius 1 is 1.47 bits per heavy atom. The Hall–Kier alpha value is -2.16. The molecule has 0 unspecified atom stereocenters. The molecule has 1 N–H and O–H groups in total. The normalized spacial score (nSPS) is 11.5. The van der Waals surface area contributed by atoms with E-state index < -0.39 is 0 Å². The van der Waals surface area contributed by atoms with Gasteiger partial charge in [0, 0.05) is 18.1 Å². The average Bonchev–Trinajstić information content (AvgIpc) is 2.34. The summed E-state index contributed by atoms with van der Waals surface area (Å²) in [4.78, 5) is 15.8. The molecule has 17 heavy (non-hydrogen) atoms. The zero-order valence-corrected chi connectivity index (χ0v) is 10.1. The summed E-state index contributed by atoms with van der Waals surface area (Å²) in [5.41, 5.74) is 2.16. The summed E-state index contributed by atoms with van der Waals surface area (Å²) >= 11 is 0. The van der Waals surface area contributed by atoms with Crippen molar-refractivity contribution < 1.29 is 4.79 Å². The highest BCUT2D eigenvalue weighted by Gasteiger charge is 2.06. The molecule has 1 aromatic heterocycles. The van der Waals surface area contributed by atoms with E-state index in [2.05, 4.69) is 16.9 Å². The number of allylic oxidation sites excluding steroid dienone is 4. The highest BCUT2D eigenvalue weighted by atomic mass is 16.1. The highest BCUT2D eigenvalue weighted by molar-refractivity contribution is 5.95. The van der Waals surface area contributed by atoms with Gasteiger partial charge in [-0.2, -0.15) is 0 Å². The first-order valence-corrected chi connectivity index (χ1v) is 5.35. The van der Waals surface area contributed by atoms with E-state index in [1.807, 2.05) is 26.0 Å². The van der Waals surface area contributed by atoms with Crippen molar-refractivity contribution in [2.24, 2.45) is 0 Å². The molecule has 3 nitrogen and oxygen atoms in total. The number of aryl methyl sites for hydroxylation is 1. The van der Waals surface area contributed by atoms with E-state index in [1.165, 1.54) is 0 Å². The number of amides is 1. The molecule has 1 heterocycles. The summed E-state index contributed by atoms with van der Waals surface area (Å²) in [6.07, 6.45) is 10.4. The number of nitrogens with zero attached hydrogens (tertiary/aromatic N) is 1. The summed E-state index contributed by atoms with van der Waals surface area (Å²) in [6.45, 7) is 7.45. The van der Waals surface area contributed by atoms with Crippen molar-refractivity contribution in [1.29, 1.82) is 0 Å². The minimum absolute atomic E-state index is 0.183. The van der Waals surface area contributed by atoms with Crippen LogP contribution in [0.5, 0.6) is 0 Å². The monoisotopic (exact) mass is 228 g/mol. The molecule has 0 radical (unpaired) electrons. The molecule has 0 aliphatic carbocycles. The van der Waals surface area contributed by atoms with Gasteiger partial charge in [-0.1, -0.05) is 18.7 Å². The number of rotatable bonds is 4.